The second kappa shape index (κ2) is 7.59. The molecule has 0 aromatic carbocycles. The number of likely N-dealkylation sites (tertiary alicyclic amines) is 1. The number of hydrogen-bond donors (Lipinski definition) is 0. The highest BCUT2D eigenvalue weighted by Crippen LogP contribution is 2.46. The summed E-state index contributed by atoms with van der Waals surface area (Å²) in [6.45, 7) is 1.17. The first-order valence-corrected chi connectivity index (χ1v) is 10.3. The van der Waals surface area contributed by atoms with E-state index in [9.17, 15) is 9.18 Å². The molecule has 1 amide bonds. The van der Waals surface area contributed by atoms with Gasteiger partial charge in [-0.25, -0.2) is 9.37 Å². The lowest BCUT2D eigenvalue weighted by molar-refractivity contribution is 0.0639. The molecule has 1 aliphatic carbocycles. The van der Waals surface area contributed by atoms with Gasteiger partial charge in [0.15, 0.2) is 5.82 Å². The Hall–Kier alpha value is -3.16. The van der Waals surface area contributed by atoms with Crippen molar-refractivity contribution in [1.82, 2.24) is 25.0 Å². The summed E-state index contributed by atoms with van der Waals surface area (Å²) in [6.07, 6.45) is 9.50. The lowest BCUT2D eigenvalue weighted by atomic mass is 9.73. The first-order chi connectivity index (χ1) is 14.6. The van der Waals surface area contributed by atoms with E-state index in [0.29, 0.717) is 24.9 Å². The van der Waals surface area contributed by atoms with Crippen molar-refractivity contribution in [3.05, 3.63) is 60.2 Å². The van der Waals surface area contributed by atoms with Crippen LogP contribution < -0.4 is 0 Å². The summed E-state index contributed by atoms with van der Waals surface area (Å²) in [5, 5.41) is 4.34. The molecule has 8 heteroatoms. The standard InChI is InChI=1S/C22H22FN5O2/c23-17-3-4-18(25-14-17)20(29)28-11-7-22(8-12-28,13-15-1-2-15)21-26-19(30-27-21)16-5-9-24-10-6-16/h3-6,9-10,14-15H,1-2,7-8,11-13H2. The molecule has 1 aliphatic heterocycles. The van der Waals surface area contributed by atoms with Crippen molar-refractivity contribution in [2.45, 2.75) is 37.5 Å². The smallest absolute Gasteiger partial charge is 0.272 e. The lowest BCUT2D eigenvalue weighted by Crippen LogP contribution is -2.46. The van der Waals surface area contributed by atoms with E-state index < -0.39 is 5.82 Å². The fraction of sp³-hybridized carbons (Fsp3) is 0.409. The van der Waals surface area contributed by atoms with Crippen LogP contribution in [0, 0.1) is 11.7 Å². The number of carbonyl (C=O) groups excluding carboxylic acids is 1. The molecule has 3 aromatic heterocycles. The van der Waals surface area contributed by atoms with Gasteiger partial charge in [-0.1, -0.05) is 18.0 Å². The largest absolute Gasteiger partial charge is 0.337 e. The van der Waals surface area contributed by atoms with Gasteiger partial charge in [0.05, 0.1) is 6.20 Å². The summed E-state index contributed by atoms with van der Waals surface area (Å²) in [5.41, 5.74) is 0.925. The first-order valence-electron chi connectivity index (χ1n) is 10.3. The zero-order chi connectivity index (χ0) is 20.6. The number of rotatable bonds is 5. The van der Waals surface area contributed by atoms with E-state index in [4.69, 9.17) is 9.51 Å². The minimum Gasteiger partial charge on any atom is -0.337 e. The molecule has 4 heterocycles. The Bertz CT molecular complexity index is 1030. The van der Waals surface area contributed by atoms with Gasteiger partial charge in [-0.3, -0.25) is 9.78 Å². The quantitative estimate of drug-likeness (QED) is 0.642. The van der Waals surface area contributed by atoms with Crippen molar-refractivity contribution in [3.8, 4) is 11.5 Å². The van der Waals surface area contributed by atoms with Gasteiger partial charge in [-0.2, -0.15) is 4.98 Å². The summed E-state index contributed by atoms with van der Waals surface area (Å²) < 4.78 is 18.7. The van der Waals surface area contributed by atoms with E-state index in [0.717, 1.165) is 36.8 Å². The van der Waals surface area contributed by atoms with Gasteiger partial charge < -0.3 is 9.42 Å². The third kappa shape index (κ3) is 3.69. The second-order valence-corrected chi connectivity index (χ2v) is 8.24. The number of piperidine rings is 1. The van der Waals surface area contributed by atoms with E-state index in [2.05, 4.69) is 15.1 Å². The highest BCUT2D eigenvalue weighted by atomic mass is 19.1. The molecule has 1 saturated carbocycles. The van der Waals surface area contributed by atoms with Gasteiger partial charge in [0.2, 0.25) is 0 Å². The predicted octanol–water partition coefficient (Wildman–Crippen LogP) is 3.64. The first kappa shape index (κ1) is 18.8. The van der Waals surface area contributed by atoms with Gasteiger partial charge in [-0.05, 0) is 49.4 Å². The minimum atomic E-state index is -0.448. The van der Waals surface area contributed by atoms with Crippen LogP contribution in [0.4, 0.5) is 4.39 Å². The number of pyridine rings is 2. The van der Waals surface area contributed by atoms with Crippen LogP contribution in [0.3, 0.4) is 0 Å². The molecule has 0 unspecified atom stereocenters. The average molecular weight is 407 g/mol. The number of aromatic nitrogens is 4. The summed E-state index contributed by atoms with van der Waals surface area (Å²) in [7, 11) is 0. The lowest BCUT2D eigenvalue weighted by Gasteiger charge is -2.40. The van der Waals surface area contributed by atoms with E-state index in [1.54, 1.807) is 17.3 Å². The molecule has 3 aromatic rings. The van der Waals surface area contributed by atoms with Crippen LogP contribution in [0.15, 0.2) is 47.4 Å². The van der Waals surface area contributed by atoms with Gasteiger partial charge in [0, 0.05) is 36.5 Å². The van der Waals surface area contributed by atoms with E-state index >= 15 is 0 Å². The summed E-state index contributed by atoms with van der Waals surface area (Å²) in [6, 6.07) is 6.40. The Balaban J connectivity index is 1.35. The Morgan fingerprint density at radius 3 is 2.60 bits per heavy atom. The van der Waals surface area contributed by atoms with Crippen molar-refractivity contribution in [3.63, 3.8) is 0 Å². The average Bonchev–Trinajstić information content (AvgIpc) is 3.45. The van der Waals surface area contributed by atoms with E-state index in [1.165, 1.54) is 25.0 Å². The normalized spacial score (nSPS) is 18.4. The Morgan fingerprint density at radius 1 is 1.17 bits per heavy atom. The molecule has 2 aliphatic rings. The molecule has 0 bridgehead atoms. The van der Waals surface area contributed by atoms with Gasteiger partial charge in [-0.15, -0.1) is 0 Å². The summed E-state index contributed by atoms with van der Waals surface area (Å²) in [4.78, 5) is 27.2. The monoisotopic (exact) mass is 407 g/mol. The summed E-state index contributed by atoms with van der Waals surface area (Å²) in [5.74, 6) is 1.30. The van der Waals surface area contributed by atoms with Gasteiger partial charge in [0.1, 0.15) is 11.5 Å². The van der Waals surface area contributed by atoms with Crippen molar-refractivity contribution in [2.75, 3.05) is 13.1 Å². The summed E-state index contributed by atoms with van der Waals surface area (Å²) >= 11 is 0. The van der Waals surface area contributed by atoms with Crippen LogP contribution >= 0.6 is 0 Å². The molecule has 1 saturated heterocycles. The van der Waals surface area contributed by atoms with E-state index in [-0.39, 0.29) is 17.0 Å². The van der Waals surface area contributed by atoms with Crippen molar-refractivity contribution >= 4 is 5.91 Å². The molecule has 154 valence electrons. The van der Waals surface area contributed by atoms with E-state index in [1.807, 2.05) is 12.1 Å². The van der Waals surface area contributed by atoms with Crippen LogP contribution in [-0.4, -0.2) is 44.0 Å². The van der Waals surface area contributed by atoms with Crippen LogP contribution in [0.25, 0.3) is 11.5 Å². The molecule has 30 heavy (non-hydrogen) atoms. The Kier molecular flexibility index (Phi) is 4.77. The number of halogens is 1. The zero-order valence-electron chi connectivity index (χ0n) is 16.5. The van der Waals surface area contributed by atoms with Crippen LogP contribution in [-0.2, 0) is 5.41 Å². The predicted molar refractivity (Wildman–Crippen MR) is 106 cm³/mol. The van der Waals surface area contributed by atoms with Crippen LogP contribution in [0.2, 0.25) is 0 Å². The fourth-order valence-corrected chi connectivity index (χ4v) is 4.25. The topological polar surface area (TPSA) is 85.0 Å². The fourth-order valence-electron chi connectivity index (χ4n) is 4.25. The molecule has 0 N–H and O–H groups in total. The molecule has 0 radical (unpaired) electrons. The molecule has 0 spiro atoms. The highest BCUT2D eigenvalue weighted by molar-refractivity contribution is 5.92. The zero-order valence-corrected chi connectivity index (χ0v) is 16.5. The molecule has 2 fully saturated rings. The highest BCUT2D eigenvalue weighted by Gasteiger charge is 2.45. The molecule has 7 nitrogen and oxygen atoms in total. The maximum absolute atomic E-state index is 13.1. The maximum Gasteiger partial charge on any atom is 0.272 e. The van der Waals surface area contributed by atoms with Crippen molar-refractivity contribution in [1.29, 1.82) is 0 Å². The molecular formula is C22H22FN5O2. The van der Waals surface area contributed by atoms with Crippen molar-refractivity contribution < 1.29 is 13.7 Å². The van der Waals surface area contributed by atoms with Gasteiger partial charge in [0.25, 0.3) is 11.8 Å². The minimum absolute atomic E-state index is 0.166. The third-order valence-corrected chi connectivity index (χ3v) is 6.16. The molecular weight excluding hydrogens is 385 g/mol. The van der Waals surface area contributed by atoms with Crippen LogP contribution in [0.1, 0.15) is 48.4 Å². The Morgan fingerprint density at radius 2 is 1.93 bits per heavy atom. The number of nitrogens with zero attached hydrogens (tertiary/aromatic N) is 5. The SMILES string of the molecule is O=C(c1ccc(F)cn1)N1CCC(CC2CC2)(c2noc(-c3ccncc3)n2)CC1. The second-order valence-electron chi connectivity index (χ2n) is 8.24. The molecule has 5 rings (SSSR count). The number of amides is 1. The molecule has 0 atom stereocenters. The van der Waals surface area contributed by atoms with Crippen LogP contribution in [0.5, 0.6) is 0 Å². The van der Waals surface area contributed by atoms with Gasteiger partial charge >= 0.3 is 0 Å². The number of carbonyl (C=O) groups is 1. The van der Waals surface area contributed by atoms with Crippen molar-refractivity contribution in [2.24, 2.45) is 5.92 Å². The number of hydrogen-bond acceptors (Lipinski definition) is 6. The maximum atomic E-state index is 13.1. The third-order valence-electron chi connectivity index (χ3n) is 6.16. The Labute approximate surface area is 173 Å².